The van der Waals surface area contributed by atoms with Crippen molar-refractivity contribution in [3.8, 4) is 28.6 Å². The van der Waals surface area contributed by atoms with Gasteiger partial charge in [0.15, 0.2) is 0 Å². The van der Waals surface area contributed by atoms with Gasteiger partial charge in [-0.1, -0.05) is 39.3 Å². The number of fused-ring (bicyclic) bond motifs is 1. The zero-order valence-electron chi connectivity index (χ0n) is 38.4. The first kappa shape index (κ1) is 48.0. The van der Waals surface area contributed by atoms with Gasteiger partial charge in [-0.15, -0.1) is 0 Å². The normalized spacial score (nSPS) is 22.9. The summed E-state index contributed by atoms with van der Waals surface area (Å²) < 4.78 is 49.7. The van der Waals surface area contributed by atoms with Crippen LogP contribution in [0.25, 0.3) is 21.9 Å². The molecule has 0 unspecified atom stereocenters. The molecule has 17 heteroatoms. The van der Waals surface area contributed by atoms with Crippen LogP contribution in [-0.4, -0.2) is 96.4 Å². The van der Waals surface area contributed by atoms with Crippen molar-refractivity contribution in [1.82, 2.24) is 24.9 Å². The number of nitrogens with two attached hydrogens (primary N) is 1. The van der Waals surface area contributed by atoms with Gasteiger partial charge < -0.3 is 34.9 Å². The minimum absolute atomic E-state index is 0.0164. The summed E-state index contributed by atoms with van der Waals surface area (Å²) in [5.74, 6) is -0.509. The predicted octanol–water partition coefficient (Wildman–Crippen LogP) is 6.45. The largest absolute Gasteiger partial charge is 0.497 e. The van der Waals surface area contributed by atoms with Gasteiger partial charge in [0.1, 0.15) is 29.5 Å². The topological polar surface area (TPSA) is 218 Å². The molecule has 3 heterocycles. The number of hydrogen-bond donors (Lipinski definition) is 3. The van der Waals surface area contributed by atoms with Crippen LogP contribution < -0.4 is 30.0 Å². The molecule has 3 aliphatic rings. The number of sulfonamides is 1. The number of ether oxygens (including phenoxy) is 4. The Hall–Kier alpha value is -5.45. The maximum absolute atomic E-state index is 14.7. The molecule has 7 atom stereocenters. The van der Waals surface area contributed by atoms with Gasteiger partial charge in [-0.3, -0.25) is 19.1 Å². The number of alkyl carbamates (subject to hydrolysis) is 1. The SMILES string of the molecule is CC[C@H](C[C@H](C)CC/C=C\[C@@H]1C[C@]1(C)C(=O)NS(=O)(=O)C1(C)CC1)[C@H](NC(=O)OC(C)(C)C)C(=O)N1C[C@H](Oc2ncc(-c3ccc(OC)nc3)c3cc(OC)ccc23)C[C@H]1C(N)=O. The van der Waals surface area contributed by atoms with Crippen molar-refractivity contribution < 1.29 is 46.5 Å². The Morgan fingerprint density at radius 1 is 1.03 bits per heavy atom. The molecule has 0 radical (unpaired) electrons. The number of nitrogens with zero attached hydrogens (tertiary/aromatic N) is 3. The number of aromatic nitrogens is 2. The van der Waals surface area contributed by atoms with Gasteiger partial charge in [-0.25, -0.2) is 23.2 Å². The van der Waals surface area contributed by atoms with Gasteiger partial charge in [0.25, 0.3) is 0 Å². The maximum Gasteiger partial charge on any atom is 0.408 e. The van der Waals surface area contributed by atoms with Crippen molar-refractivity contribution in [2.75, 3.05) is 20.8 Å². The smallest absolute Gasteiger partial charge is 0.408 e. The summed E-state index contributed by atoms with van der Waals surface area (Å²) in [6, 6.07) is 7.12. The number of allylic oxidation sites excluding steroid dienone is 2. The number of nitrogens with one attached hydrogen (secondary N) is 2. The molecule has 3 fully saturated rings. The van der Waals surface area contributed by atoms with E-state index in [1.807, 2.05) is 37.3 Å². The number of methoxy groups -OCH3 is 2. The maximum atomic E-state index is 14.7. The molecule has 64 heavy (non-hydrogen) atoms. The van der Waals surface area contributed by atoms with Crippen molar-refractivity contribution in [3.05, 3.63) is 54.9 Å². The fourth-order valence-corrected chi connectivity index (χ4v) is 9.78. The Labute approximate surface area is 376 Å². The summed E-state index contributed by atoms with van der Waals surface area (Å²) >= 11 is 0. The number of hydrogen-bond acceptors (Lipinski definition) is 12. The van der Waals surface area contributed by atoms with E-state index in [1.54, 1.807) is 73.4 Å². The van der Waals surface area contributed by atoms with Gasteiger partial charge in [-0.2, -0.15) is 0 Å². The number of carbonyl (C=O) groups excluding carboxylic acids is 4. The van der Waals surface area contributed by atoms with Crippen LogP contribution in [0.1, 0.15) is 99.8 Å². The van der Waals surface area contributed by atoms with Gasteiger partial charge >= 0.3 is 6.09 Å². The van der Waals surface area contributed by atoms with E-state index in [2.05, 4.69) is 26.9 Å². The Balaban J connectivity index is 1.15. The van der Waals surface area contributed by atoms with Crippen molar-refractivity contribution in [3.63, 3.8) is 0 Å². The lowest BCUT2D eigenvalue weighted by atomic mass is 9.85. The van der Waals surface area contributed by atoms with E-state index in [9.17, 15) is 27.6 Å². The lowest BCUT2D eigenvalue weighted by molar-refractivity contribution is -0.140. The number of rotatable bonds is 19. The molecular formula is C47H64N6O10S. The van der Waals surface area contributed by atoms with Crippen molar-refractivity contribution >= 4 is 44.6 Å². The molecule has 1 aliphatic heterocycles. The Morgan fingerprint density at radius 2 is 1.77 bits per heavy atom. The van der Waals surface area contributed by atoms with E-state index >= 15 is 0 Å². The number of amides is 4. The summed E-state index contributed by atoms with van der Waals surface area (Å²) in [4.78, 5) is 64.5. The van der Waals surface area contributed by atoms with Crippen molar-refractivity contribution in [2.45, 2.75) is 128 Å². The van der Waals surface area contributed by atoms with Gasteiger partial charge in [0.2, 0.25) is 39.5 Å². The minimum atomic E-state index is -3.71. The van der Waals surface area contributed by atoms with Crippen LogP contribution in [0.4, 0.5) is 4.79 Å². The Morgan fingerprint density at radius 3 is 2.38 bits per heavy atom. The van der Waals surface area contributed by atoms with Crippen LogP contribution in [0.3, 0.4) is 0 Å². The second kappa shape index (κ2) is 18.9. The fourth-order valence-electron chi connectivity index (χ4n) is 8.41. The lowest BCUT2D eigenvalue weighted by Gasteiger charge is -2.33. The highest BCUT2D eigenvalue weighted by Gasteiger charge is 2.58. The molecule has 2 aliphatic carbocycles. The lowest BCUT2D eigenvalue weighted by Crippen LogP contribution is -2.56. The van der Waals surface area contributed by atoms with E-state index in [1.165, 1.54) is 4.90 Å². The highest BCUT2D eigenvalue weighted by Crippen LogP contribution is 2.54. The third-order valence-electron chi connectivity index (χ3n) is 13.0. The van der Waals surface area contributed by atoms with Crippen LogP contribution in [0.2, 0.25) is 0 Å². The third kappa shape index (κ3) is 10.9. The second-order valence-corrected chi connectivity index (χ2v) is 21.3. The van der Waals surface area contributed by atoms with E-state index in [0.717, 1.165) is 22.9 Å². The van der Waals surface area contributed by atoms with Gasteiger partial charge in [-0.05, 0) is 108 Å². The zero-order valence-corrected chi connectivity index (χ0v) is 39.3. The minimum Gasteiger partial charge on any atom is -0.497 e. The first-order valence-corrected chi connectivity index (χ1v) is 23.6. The molecule has 6 rings (SSSR count). The molecule has 4 N–H and O–H groups in total. The Bertz CT molecular complexity index is 2360. The molecule has 2 aromatic heterocycles. The summed E-state index contributed by atoms with van der Waals surface area (Å²) in [6.07, 6.45) is 10.3. The van der Waals surface area contributed by atoms with E-state index in [4.69, 9.17) is 24.7 Å². The molecule has 0 bridgehead atoms. The number of pyridine rings is 2. The monoisotopic (exact) mass is 904 g/mol. The zero-order chi connectivity index (χ0) is 46.8. The average Bonchev–Trinajstić information content (AvgIpc) is 4.11. The van der Waals surface area contributed by atoms with Crippen LogP contribution in [0.5, 0.6) is 17.5 Å². The van der Waals surface area contributed by atoms with Crippen LogP contribution in [0.15, 0.2) is 54.9 Å². The summed E-state index contributed by atoms with van der Waals surface area (Å²) in [5, 5.41) is 4.32. The average molecular weight is 905 g/mol. The molecule has 0 spiro atoms. The highest BCUT2D eigenvalue weighted by molar-refractivity contribution is 7.91. The second-order valence-electron chi connectivity index (χ2n) is 19.1. The quantitative estimate of drug-likeness (QED) is 0.111. The van der Waals surface area contributed by atoms with Crippen LogP contribution in [0, 0.1) is 23.2 Å². The number of carbonyl (C=O) groups is 4. The Kier molecular flexibility index (Phi) is 14.2. The highest BCUT2D eigenvalue weighted by atomic mass is 32.2. The molecule has 3 aromatic rings. The summed E-state index contributed by atoms with van der Waals surface area (Å²) in [7, 11) is -0.576. The molecule has 2 saturated carbocycles. The van der Waals surface area contributed by atoms with Crippen molar-refractivity contribution in [2.24, 2.45) is 28.9 Å². The van der Waals surface area contributed by atoms with Gasteiger partial charge in [0, 0.05) is 46.8 Å². The van der Waals surface area contributed by atoms with Crippen molar-refractivity contribution in [1.29, 1.82) is 0 Å². The summed E-state index contributed by atoms with van der Waals surface area (Å²) in [5.41, 5.74) is 5.94. The van der Waals surface area contributed by atoms with E-state index in [0.29, 0.717) is 61.4 Å². The van der Waals surface area contributed by atoms with Crippen LogP contribution in [-0.2, 0) is 29.1 Å². The van der Waals surface area contributed by atoms with Crippen LogP contribution >= 0.6 is 0 Å². The first-order valence-electron chi connectivity index (χ1n) is 22.1. The predicted molar refractivity (Wildman–Crippen MR) is 242 cm³/mol. The number of benzene rings is 1. The summed E-state index contributed by atoms with van der Waals surface area (Å²) in [6.45, 7) is 12.7. The number of likely N-dealkylation sites (tertiary alicyclic amines) is 1. The molecular weight excluding hydrogens is 841 g/mol. The molecule has 1 aromatic carbocycles. The standard InChI is InChI=1S/C47H64N6O10S/c1-10-29(21-28(2)13-11-12-14-31-24-47(31,7)43(56)52-64(58,59)46(6)19-20-46)39(51-44(57)63-45(3,4)5)42(55)53-27-33(23-37(53)40(48)54)62-41-34-17-16-32(60-8)22-35(34)36(26-50-41)30-15-18-38(61-9)49-25-30/h12,14-18,22,25-26,28-29,31,33,37,39H,10-11,13,19-21,23-24,27H2,1-9H3,(H2,48,54)(H,51,57)(H,52,56)/b14-12-/t28-,29-,31-,33-,37+,39+,47+/m1/s1. The molecule has 348 valence electrons. The van der Waals surface area contributed by atoms with E-state index in [-0.39, 0.29) is 30.7 Å². The number of primary amides is 1. The van der Waals surface area contributed by atoms with E-state index < -0.39 is 67.8 Å². The molecule has 16 nitrogen and oxygen atoms in total. The molecule has 4 amide bonds. The third-order valence-corrected chi connectivity index (χ3v) is 15.1. The first-order chi connectivity index (χ1) is 30.1. The fraction of sp³-hybridized carbons (Fsp3) is 0.574. The molecule has 1 saturated heterocycles. The van der Waals surface area contributed by atoms with Gasteiger partial charge in [0.05, 0.1) is 30.9 Å².